The molecule has 1 aliphatic rings. The van der Waals surface area contributed by atoms with Crippen molar-refractivity contribution < 1.29 is 21.7 Å². The van der Waals surface area contributed by atoms with Crippen LogP contribution < -0.4 is 4.90 Å². The second kappa shape index (κ2) is 12.8. The van der Waals surface area contributed by atoms with Gasteiger partial charge in [0.25, 0.3) is 0 Å². The van der Waals surface area contributed by atoms with Gasteiger partial charge in [0.2, 0.25) is 0 Å². The molecule has 0 bridgehead atoms. The van der Waals surface area contributed by atoms with Gasteiger partial charge < -0.3 is 10.1 Å². The molecule has 2 nitrogen and oxygen atoms in total. The molecule has 0 atom stereocenters. The molecule has 30 heavy (non-hydrogen) atoms. The number of benzene rings is 1. The first-order valence-corrected chi connectivity index (χ1v) is 12.1. The molecule has 0 unspecified atom stereocenters. The molecule has 1 aromatic carbocycles. The first-order chi connectivity index (χ1) is 12.9. The van der Waals surface area contributed by atoms with E-state index in [1.807, 2.05) is 58.3 Å². The van der Waals surface area contributed by atoms with Crippen LogP contribution in [0.3, 0.4) is 0 Å². The maximum absolute atomic E-state index is 11.1. The minimum atomic E-state index is -2.02. The molecule has 4 heteroatoms. The molecule has 0 spiro atoms. The van der Waals surface area contributed by atoms with Crippen LogP contribution >= 0.6 is 7.05 Å². The predicted octanol–water partition coefficient (Wildman–Crippen LogP) is 8.11. The molecule has 6 radical (unpaired) electrons. The van der Waals surface area contributed by atoms with Crippen LogP contribution in [0.2, 0.25) is 0 Å². The standard InChI is InChI=1S/C12H27NP.C9H12N.C5H5.Ti/c1-10(2,3)14(13,11(4,5)6)12(7,8)9;1-8-4-6-9(7-5-8)10(2)3;1-2-4-5-3-1;/h1-9H3;4-7H,1H2,2-3H3;1-5H;/q2*-1;;+3. The summed E-state index contributed by atoms with van der Waals surface area (Å²) in [6.45, 7) is 23.3. The van der Waals surface area contributed by atoms with Crippen LogP contribution in [0.4, 0.5) is 5.69 Å². The Balaban J connectivity index is 0. The Morgan fingerprint density at radius 3 is 1.10 bits per heavy atom. The van der Waals surface area contributed by atoms with Crippen LogP contribution in [0, 0.1) is 39.0 Å². The topological polar surface area (TPSA) is 25.5 Å². The maximum Gasteiger partial charge on any atom is 3.00 e. The van der Waals surface area contributed by atoms with Gasteiger partial charge in [-0.15, -0.1) is 0 Å². The minimum Gasteiger partial charge on any atom is -0.807 e. The van der Waals surface area contributed by atoms with Crippen LogP contribution in [0.1, 0.15) is 67.9 Å². The quantitative estimate of drug-likeness (QED) is 0.235. The third kappa shape index (κ3) is 9.54. The van der Waals surface area contributed by atoms with E-state index in [4.69, 9.17) is 0 Å². The van der Waals surface area contributed by atoms with Gasteiger partial charge in [-0.25, -0.2) is 7.05 Å². The molecule has 0 saturated heterocycles. The maximum atomic E-state index is 11.1. The van der Waals surface area contributed by atoms with Crippen LogP contribution in [0.15, 0.2) is 24.3 Å². The zero-order chi connectivity index (χ0) is 23.1. The van der Waals surface area contributed by atoms with Crippen molar-refractivity contribution in [1.29, 1.82) is 0 Å². The molecule has 1 fully saturated rings. The van der Waals surface area contributed by atoms with Crippen LogP contribution in [0.5, 0.6) is 0 Å². The van der Waals surface area contributed by atoms with Crippen molar-refractivity contribution in [2.75, 3.05) is 19.0 Å². The Morgan fingerprint density at radius 1 is 0.667 bits per heavy atom. The molecule has 0 N–H and O–H groups in total. The third-order valence-corrected chi connectivity index (χ3v) is 10.7. The van der Waals surface area contributed by atoms with Gasteiger partial charge in [-0.3, -0.25) is 0 Å². The van der Waals surface area contributed by atoms with Crippen molar-refractivity contribution in [2.24, 2.45) is 0 Å². The van der Waals surface area contributed by atoms with Crippen molar-refractivity contribution in [3.05, 3.63) is 74.0 Å². The van der Waals surface area contributed by atoms with Crippen molar-refractivity contribution in [2.45, 2.75) is 77.8 Å². The van der Waals surface area contributed by atoms with E-state index in [1.165, 1.54) is 5.69 Å². The summed E-state index contributed by atoms with van der Waals surface area (Å²) < 4.78 is 0. The van der Waals surface area contributed by atoms with Gasteiger partial charge in [0.1, 0.15) is 0 Å². The molecular formula is C26H44N2PTi+. The molecule has 1 aliphatic carbocycles. The normalized spacial score (nSPS) is 14.5. The van der Waals surface area contributed by atoms with Crippen LogP contribution in [0.25, 0.3) is 5.16 Å². The summed E-state index contributed by atoms with van der Waals surface area (Å²) >= 11 is 0. The fraction of sp³-hybridized carbons (Fsp3) is 0.538. The summed E-state index contributed by atoms with van der Waals surface area (Å²) in [6.07, 6.45) is 10.0. The average molecular weight is 463 g/mol. The monoisotopic (exact) mass is 463 g/mol. The Morgan fingerprint density at radius 2 is 0.933 bits per heavy atom. The summed E-state index contributed by atoms with van der Waals surface area (Å²) in [7, 11) is 2.03. The second-order valence-electron chi connectivity index (χ2n) is 10.7. The average Bonchev–Trinajstić information content (AvgIpc) is 3.11. The van der Waals surface area contributed by atoms with E-state index in [9.17, 15) is 5.16 Å². The number of hydrogen-bond donors (Lipinski definition) is 0. The number of anilines is 1. The fourth-order valence-corrected chi connectivity index (χ4v) is 10.2. The Bertz CT molecular complexity index is 575. The van der Waals surface area contributed by atoms with E-state index in [0.717, 1.165) is 5.56 Å². The van der Waals surface area contributed by atoms with E-state index < -0.39 is 7.05 Å². The van der Waals surface area contributed by atoms with Crippen molar-refractivity contribution in [3.63, 3.8) is 0 Å². The summed E-state index contributed by atoms with van der Waals surface area (Å²) in [5.41, 5.74) is 2.28. The summed E-state index contributed by atoms with van der Waals surface area (Å²) in [5.74, 6) is 0. The zero-order valence-corrected chi connectivity index (χ0v) is 23.7. The SMILES string of the molecule is CC(C)(C)P(=[N-])(C(C)(C)C)C(C)(C)C.[CH2-]c1ccc(N(C)C)cc1.[CH]1[CH][CH][CH][CH]1.[Ti+3]. The van der Waals surface area contributed by atoms with Crippen LogP contribution in [-0.4, -0.2) is 29.6 Å². The first-order valence-electron chi connectivity index (χ1n) is 10.3. The van der Waals surface area contributed by atoms with E-state index >= 15 is 0 Å². The van der Waals surface area contributed by atoms with E-state index in [0.29, 0.717) is 0 Å². The Labute approximate surface area is 204 Å². The van der Waals surface area contributed by atoms with Crippen LogP contribution in [-0.2, 0) is 21.7 Å². The third-order valence-electron chi connectivity index (χ3n) is 4.92. The summed E-state index contributed by atoms with van der Waals surface area (Å²) in [5, 5.41) is 11.1. The summed E-state index contributed by atoms with van der Waals surface area (Å²) in [4.78, 5) is 2.07. The summed E-state index contributed by atoms with van der Waals surface area (Å²) in [6, 6.07) is 8.13. The van der Waals surface area contributed by atoms with E-state index in [2.05, 4.69) is 86.3 Å². The number of nitrogens with zero attached hydrogens (tertiary/aromatic N) is 2. The van der Waals surface area contributed by atoms with Crippen molar-refractivity contribution in [1.82, 2.24) is 0 Å². The van der Waals surface area contributed by atoms with Gasteiger partial charge in [-0.05, 0) is 47.6 Å². The van der Waals surface area contributed by atoms with Gasteiger partial charge >= 0.3 is 21.7 Å². The zero-order valence-electron chi connectivity index (χ0n) is 21.2. The molecular weight excluding hydrogens is 419 g/mol. The van der Waals surface area contributed by atoms with Gasteiger partial charge in [-0.1, -0.05) is 74.4 Å². The molecule has 0 amide bonds. The Kier molecular flexibility index (Phi) is 13.6. The molecule has 1 aromatic rings. The van der Waals surface area contributed by atoms with E-state index in [-0.39, 0.29) is 37.2 Å². The van der Waals surface area contributed by atoms with Crippen molar-refractivity contribution in [3.8, 4) is 0 Å². The molecule has 0 aliphatic heterocycles. The first kappa shape index (κ1) is 32.0. The number of hydrogen-bond acceptors (Lipinski definition) is 1. The van der Waals surface area contributed by atoms with E-state index in [1.54, 1.807) is 0 Å². The van der Waals surface area contributed by atoms with Gasteiger partial charge in [0, 0.05) is 19.8 Å². The Hall–Kier alpha value is -0.166. The fourth-order valence-electron chi connectivity index (χ4n) is 4.13. The molecule has 0 heterocycles. The molecule has 2 rings (SSSR count). The van der Waals surface area contributed by atoms with Gasteiger partial charge in [-0.2, -0.15) is 24.6 Å². The van der Waals surface area contributed by atoms with Crippen molar-refractivity contribution >= 4 is 12.7 Å². The van der Waals surface area contributed by atoms with Gasteiger partial charge in [0.05, 0.1) is 0 Å². The number of rotatable bonds is 1. The molecule has 0 aromatic heterocycles. The largest absolute Gasteiger partial charge is 3.00 e. The molecule has 1 saturated carbocycles. The smallest absolute Gasteiger partial charge is 0.807 e. The minimum absolute atomic E-state index is 0. The molecule has 166 valence electrons. The van der Waals surface area contributed by atoms with Gasteiger partial charge in [0.15, 0.2) is 0 Å². The second-order valence-corrected chi connectivity index (χ2v) is 16.0. The predicted molar refractivity (Wildman–Crippen MR) is 136 cm³/mol.